The molecule has 2 aliphatic heterocycles. The van der Waals surface area contributed by atoms with Gasteiger partial charge in [0.2, 0.25) is 6.35 Å². The van der Waals surface area contributed by atoms with Crippen molar-refractivity contribution in [1.82, 2.24) is 25.2 Å². The van der Waals surface area contributed by atoms with E-state index in [0.29, 0.717) is 11.3 Å². The van der Waals surface area contributed by atoms with Crippen molar-refractivity contribution in [1.29, 1.82) is 0 Å². The summed E-state index contributed by atoms with van der Waals surface area (Å²) in [5.41, 5.74) is -1.15. The average molecular weight is 398 g/mol. The number of carbonyl (C=O) groups excluding carboxylic acids is 1. The quantitative estimate of drug-likeness (QED) is 0.680. The molecule has 12 heteroatoms. The lowest BCUT2D eigenvalue weighted by Crippen LogP contribution is -2.49. The van der Waals surface area contributed by atoms with Crippen LogP contribution in [0.4, 0.5) is 18.9 Å². The van der Waals surface area contributed by atoms with Crippen molar-refractivity contribution in [2.45, 2.75) is 24.6 Å². The zero-order valence-electron chi connectivity index (χ0n) is 14.7. The maximum absolute atomic E-state index is 13.5. The summed E-state index contributed by atoms with van der Waals surface area (Å²) < 4.78 is 46.9. The first-order chi connectivity index (χ1) is 13.2. The highest BCUT2D eigenvalue weighted by molar-refractivity contribution is 6.19. The van der Waals surface area contributed by atoms with Gasteiger partial charge < -0.3 is 25.4 Å². The molecule has 2 aliphatic rings. The Kier molecular flexibility index (Phi) is 4.19. The third-order valence-corrected chi connectivity index (χ3v) is 4.99. The Morgan fingerprint density at radius 3 is 2.86 bits per heavy atom. The highest BCUT2D eigenvalue weighted by atomic mass is 19.4. The fraction of sp³-hybridized carbons (Fsp3) is 0.438. The van der Waals surface area contributed by atoms with Gasteiger partial charge in [-0.05, 0) is 6.07 Å². The standard InChI is InChI=1S/C16H17F3N6O3/c1-28-15(16(17,18)19)2-4-24(8-15)11-6-10(23-25-5-3-20-12(11)25)9-7-21-14(27)22-13(9)26/h3,5-7,14,21,27H,2,4,8H2,1H3,(H,22,26). The number of nitrogens with one attached hydrogen (secondary N) is 2. The molecule has 1 saturated heterocycles. The Bertz CT molecular complexity index is 959. The van der Waals surface area contributed by atoms with Gasteiger partial charge in [0.15, 0.2) is 11.2 Å². The van der Waals surface area contributed by atoms with Crippen LogP contribution >= 0.6 is 0 Å². The van der Waals surface area contributed by atoms with Gasteiger partial charge in [-0.25, -0.2) is 9.50 Å². The van der Waals surface area contributed by atoms with Crippen LogP contribution in [0.3, 0.4) is 0 Å². The molecule has 0 saturated carbocycles. The molecule has 9 nitrogen and oxygen atoms in total. The number of carbonyl (C=O) groups is 1. The summed E-state index contributed by atoms with van der Waals surface area (Å²) in [7, 11) is 1.05. The lowest BCUT2D eigenvalue weighted by atomic mass is 10.0. The lowest BCUT2D eigenvalue weighted by Gasteiger charge is -2.30. The largest absolute Gasteiger partial charge is 0.419 e. The number of alkyl halides is 3. The molecule has 28 heavy (non-hydrogen) atoms. The second-order valence-corrected chi connectivity index (χ2v) is 6.58. The van der Waals surface area contributed by atoms with Gasteiger partial charge in [-0.3, -0.25) is 4.79 Å². The van der Waals surface area contributed by atoms with E-state index >= 15 is 0 Å². The fourth-order valence-electron chi connectivity index (χ4n) is 3.43. The highest BCUT2D eigenvalue weighted by Gasteiger charge is 2.59. The molecular weight excluding hydrogens is 381 g/mol. The van der Waals surface area contributed by atoms with Crippen molar-refractivity contribution in [3.05, 3.63) is 30.4 Å². The molecule has 1 amide bonds. The summed E-state index contributed by atoms with van der Waals surface area (Å²) in [5.74, 6) is -0.563. The molecule has 2 unspecified atom stereocenters. The van der Waals surface area contributed by atoms with Gasteiger partial charge in [0.05, 0.1) is 17.8 Å². The zero-order chi connectivity index (χ0) is 20.1. The van der Waals surface area contributed by atoms with Crippen molar-refractivity contribution in [2.75, 3.05) is 25.1 Å². The number of halogens is 3. The van der Waals surface area contributed by atoms with Crippen molar-refractivity contribution < 1.29 is 27.8 Å². The number of nitrogens with zero attached hydrogens (tertiary/aromatic N) is 4. The predicted octanol–water partition coefficient (Wildman–Crippen LogP) is 0.223. The molecule has 4 heterocycles. The van der Waals surface area contributed by atoms with Crippen LogP contribution in [-0.2, 0) is 9.53 Å². The van der Waals surface area contributed by atoms with Gasteiger partial charge in [0.25, 0.3) is 5.91 Å². The second kappa shape index (κ2) is 6.34. The lowest BCUT2D eigenvalue weighted by molar-refractivity contribution is -0.260. The first-order valence-corrected chi connectivity index (χ1v) is 8.41. The van der Waals surface area contributed by atoms with Crippen LogP contribution in [0.15, 0.2) is 24.7 Å². The van der Waals surface area contributed by atoms with Gasteiger partial charge >= 0.3 is 6.18 Å². The smallest absolute Gasteiger partial charge is 0.367 e. The maximum atomic E-state index is 13.5. The van der Waals surface area contributed by atoms with Crippen LogP contribution in [-0.4, -0.2) is 63.9 Å². The summed E-state index contributed by atoms with van der Waals surface area (Å²) >= 11 is 0. The fourth-order valence-corrected chi connectivity index (χ4v) is 3.43. The predicted molar refractivity (Wildman–Crippen MR) is 90.9 cm³/mol. The van der Waals surface area contributed by atoms with E-state index in [1.807, 2.05) is 0 Å². The molecule has 2 atom stereocenters. The third-order valence-electron chi connectivity index (χ3n) is 4.99. The van der Waals surface area contributed by atoms with Crippen LogP contribution in [0.25, 0.3) is 11.2 Å². The number of aliphatic hydroxyl groups excluding tert-OH is 1. The van der Waals surface area contributed by atoms with Gasteiger partial charge in [0, 0.05) is 38.7 Å². The SMILES string of the molecule is COC1(C(F)(F)F)CCN(c2cc(C3=CNC(O)NC3=O)nn3ccnc23)C1. The number of methoxy groups -OCH3 is 1. The van der Waals surface area contributed by atoms with E-state index in [0.717, 1.165) is 7.11 Å². The number of anilines is 1. The van der Waals surface area contributed by atoms with Crippen LogP contribution in [0.1, 0.15) is 12.1 Å². The number of ether oxygens (including phenoxy) is 1. The molecule has 2 aromatic heterocycles. The summed E-state index contributed by atoms with van der Waals surface area (Å²) in [4.78, 5) is 17.9. The summed E-state index contributed by atoms with van der Waals surface area (Å²) in [6.45, 7) is -0.303. The number of hydrogen-bond donors (Lipinski definition) is 3. The summed E-state index contributed by atoms with van der Waals surface area (Å²) in [5, 5.41) is 18.6. The van der Waals surface area contributed by atoms with E-state index in [-0.39, 0.29) is 24.2 Å². The zero-order valence-corrected chi connectivity index (χ0v) is 14.7. The van der Waals surface area contributed by atoms with E-state index in [4.69, 9.17) is 4.74 Å². The van der Waals surface area contributed by atoms with E-state index in [1.54, 1.807) is 0 Å². The topological polar surface area (TPSA) is 104 Å². The maximum Gasteiger partial charge on any atom is 0.419 e. The molecule has 0 aliphatic carbocycles. The molecular formula is C16H17F3N6O3. The Morgan fingerprint density at radius 1 is 1.43 bits per heavy atom. The van der Waals surface area contributed by atoms with Crippen LogP contribution in [0.5, 0.6) is 0 Å². The van der Waals surface area contributed by atoms with Crippen LogP contribution in [0.2, 0.25) is 0 Å². The molecule has 0 radical (unpaired) electrons. The number of fused-ring (bicyclic) bond motifs is 1. The molecule has 0 aromatic carbocycles. The normalized spacial score (nSPS) is 25.6. The van der Waals surface area contributed by atoms with Crippen LogP contribution < -0.4 is 15.5 Å². The molecule has 150 valence electrons. The minimum atomic E-state index is -4.52. The van der Waals surface area contributed by atoms with Gasteiger partial charge in [0.1, 0.15) is 5.69 Å². The average Bonchev–Trinajstić information content (AvgIpc) is 3.28. The first kappa shape index (κ1) is 18.5. The summed E-state index contributed by atoms with van der Waals surface area (Å²) in [6.07, 6.45) is -1.66. The molecule has 0 spiro atoms. The first-order valence-electron chi connectivity index (χ1n) is 8.41. The minimum Gasteiger partial charge on any atom is -0.367 e. The van der Waals surface area contributed by atoms with Crippen molar-refractivity contribution in [2.24, 2.45) is 0 Å². The van der Waals surface area contributed by atoms with E-state index in [9.17, 15) is 23.1 Å². The monoisotopic (exact) mass is 398 g/mol. The van der Waals surface area contributed by atoms with Crippen molar-refractivity contribution in [3.63, 3.8) is 0 Å². The molecule has 4 rings (SSSR count). The minimum absolute atomic E-state index is 0.0987. The Balaban J connectivity index is 1.76. The number of amides is 1. The molecule has 2 aromatic rings. The van der Waals surface area contributed by atoms with E-state index in [2.05, 4.69) is 20.7 Å². The second-order valence-electron chi connectivity index (χ2n) is 6.58. The molecule has 0 bridgehead atoms. The summed E-state index contributed by atoms with van der Waals surface area (Å²) in [6, 6.07) is 1.51. The third kappa shape index (κ3) is 2.85. The van der Waals surface area contributed by atoms with Gasteiger partial charge in [-0.1, -0.05) is 0 Å². The molecule has 3 N–H and O–H groups in total. The van der Waals surface area contributed by atoms with E-state index in [1.165, 1.54) is 34.1 Å². The van der Waals surface area contributed by atoms with E-state index < -0.39 is 30.6 Å². The number of aromatic nitrogens is 3. The number of rotatable bonds is 3. The van der Waals surface area contributed by atoms with Crippen LogP contribution in [0, 0.1) is 0 Å². The van der Waals surface area contributed by atoms with Gasteiger partial charge in [-0.15, -0.1) is 0 Å². The van der Waals surface area contributed by atoms with Crippen molar-refractivity contribution >= 4 is 22.8 Å². The number of hydrogen-bond acceptors (Lipinski definition) is 7. The molecule has 1 fully saturated rings. The Labute approximate surface area is 156 Å². The van der Waals surface area contributed by atoms with Gasteiger partial charge in [-0.2, -0.15) is 18.3 Å². The number of aliphatic hydroxyl groups is 1. The van der Waals surface area contributed by atoms with Crippen molar-refractivity contribution in [3.8, 4) is 0 Å². The Morgan fingerprint density at radius 2 is 2.21 bits per heavy atom. The highest BCUT2D eigenvalue weighted by Crippen LogP contribution is 2.42. The Hall–Kier alpha value is -2.86. The number of imidazole rings is 1.